The summed E-state index contributed by atoms with van der Waals surface area (Å²) < 4.78 is 5.19. The van der Waals surface area contributed by atoms with Gasteiger partial charge in [-0.15, -0.1) is 6.58 Å². The van der Waals surface area contributed by atoms with Gasteiger partial charge in [-0.25, -0.2) is 0 Å². The monoisotopic (exact) mass is 400 g/mol. The molecule has 10 nitrogen and oxygen atoms in total. The van der Waals surface area contributed by atoms with Crippen LogP contribution >= 0.6 is 0 Å². The van der Waals surface area contributed by atoms with Crippen LogP contribution in [0.3, 0.4) is 0 Å². The molecule has 10 heteroatoms. The predicted octanol–water partition coefficient (Wildman–Crippen LogP) is -0.933. The first-order valence-corrected chi connectivity index (χ1v) is 9.20. The van der Waals surface area contributed by atoms with Crippen molar-refractivity contribution in [2.24, 2.45) is 0 Å². The number of amides is 3. The van der Waals surface area contributed by atoms with Gasteiger partial charge in [0.15, 0.2) is 0 Å². The van der Waals surface area contributed by atoms with E-state index < -0.39 is 11.9 Å². The number of aliphatic carboxylic acids is 1. The zero-order chi connectivity index (χ0) is 21.4. The highest BCUT2D eigenvalue weighted by atomic mass is 16.5. The van der Waals surface area contributed by atoms with Gasteiger partial charge in [0, 0.05) is 13.1 Å². The lowest BCUT2D eigenvalue weighted by Gasteiger charge is -2.20. The Morgan fingerprint density at radius 3 is 2.46 bits per heavy atom. The number of hydrogen-bond donors (Lipinski definition) is 3. The molecule has 0 heterocycles. The predicted molar refractivity (Wildman–Crippen MR) is 104 cm³/mol. The molecule has 160 valence electrons. The molecule has 0 saturated carbocycles. The fourth-order valence-electron chi connectivity index (χ4n) is 2.05. The molecule has 0 unspecified atom stereocenters. The standard InChI is InChI=1S/C18H32N4O6/c1-4-6-7-9-22(13-18(26)27)17(25)14-28-10-8-19-15(23)11-20-16(24)12-21(3)5-2/h4H,1,5-14H2,2-3H3,(H,19,23)(H,20,24)(H,26,27). The quantitative estimate of drug-likeness (QED) is 0.225. The summed E-state index contributed by atoms with van der Waals surface area (Å²) in [5.74, 6) is -2.12. The third-order valence-corrected chi connectivity index (χ3v) is 3.71. The first kappa shape index (κ1) is 25.5. The van der Waals surface area contributed by atoms with Crippen LogP contribution in [0.25, 0.3) is 0 Å². The third-order valence-electron chi connectivity index (χ3n) is 3.71. The number of rotatable bonds is 16. The Morgan fingerprint density at radius 2 is 1.86 bits per heavy atom. The Morgan fingerprint density at radius 1 is 1.14 bits per heavy atom. The van der Waals surface area contributed by atoms with Crippen LogP contribution in [0.1, 0.15) is 19.8 Å². The van der Waals surface area contributed by atoms with E-state index in [-0.39, 0.29) is 51.2 Å². The molecular formula is C18H32N4O6. The van der Waals surface area contributed by atoms with E-state index in [1.54, 1.807) is 13.1 Å². The Bertz CT molecular complexity index is 526. The highest BCUT2D eigenvalue weighted by molar-refractivity contribution is 5.85. The van der Waals surface area contributed by atoms with Crippen LogP contribution in [-0.4, -0.2) is 98.1 Å². The van der Waals surface area contributed by atoms with Crippen molar-refractivity contribution < 1.29 is 29.0 Å². The zero-order valence-electron chi connectivity index (χ0n) is 16.7. The van der Waals surface area contributed by atoms with Gasteiger partial charge >= 0.3 is 5.97 Å². The van der Waals surface area contributed by atoms with Gasteiger partial charge in [0.05, 0.1) is 19.7 Å². The van der Waals surface area contributed by atoms with Crippen molar-refractivity contribution in [3.05, 3.63) is 12.7 Å². The van der Waals surface area contributed by atoms with Gasteiger partial charge < -0.3 is 25.4 Å². The first-order valence-electron chi connectivity index (χ1n) is 9.20. The summed E-state index contributed by atoms with van der Waals surface area (Å²) in [5.41, 5.74) is 0. The topological polar surface area (TPSA) is 128 Å². The van der Waals surface area contributed by atoms with Crippen molar-refractivity contribution >= 4 is 23.7 Å². The summed E-state index contributed by atoms with van der Waals surface area (Å²) in [6.45, 7) is 6.24. The maximum Gasteiger partial charge on any atom is 0.323 e. The van der Waals surface area contributed by atoms with Gasteiger partial charge in [-0.1, -0.05) is 13.0 Å². The Labute approximate surface area is 165 Å². The number of allylic oxidation sites excluding steroid dienone is 1. The van der Waals surface area contributed by atoms with E-state index in [0.29, 0.717) is 19.4 Å². The lowest BCUT2D eigenvalue weighted by Crippen LogP contribution is -2.42. The molecule has 0 saturated heterocycles. The van der Waals surface area contributed by atoms with E-state index in [1.807, 2.05) is 11.8 Å². The van der Waals surface area contributed by atoms with Crippen molar-refractivity contribution in [3.8, 4) is 0 Å². The van der Waals surface area contributed by atoms with Crippen LogP contribution in [0.5, 0.6) is 0 Å². The molecule has 0 spiro atoms. The summed E-state index contributed by atoms with van der Waals surface area (Å²) in [4.78, 5) is 49.1. The van der Waals surface area contributed by atoms with Gasteiger partial charge in [-0.3, -0.25) is 24.1 Å². The van der Waals surface area contributed by atoms with E-state index in [2.05, 4.69) is 17.2 Å². The van der Waals surface area contributed by atoms with E-state index in [9.17, 15) is 19.2 Å². The number of nitrogens with zero attached hydrogens (tertiary/aromatic N) is 2. The Balaban J connectivity index is 3.97. The van der Waals surface area contributed by atoms with Crippen molar-refractivity contribution in [3.63, 3.8) is 0 Å². The van der Waals surface area contributed by atoms with Gasteiger partial charge in [-0.2, -0.15) is 0 Å². The van der Waals surface area contributed by atoms with Crippen molar-refractivity contribution in [2.75, 3.05) is 59.5 Å². The van der Waals surface area contributed by atoms with E-state index in [0.717, 1.165) is 6.54 Å². The SMILES string of the molecule is C=CCCCN(CC(=O)O)C(=O)COCCNC(=O)CNC(=O)CN(C)CC. The zero-order valence-corrected chi connectivity index (χ0v) is 16.7. The molecule has 0 aliphatic rings. The molecule has 28 heavy (non-hydrogen) atoms. The molecule has 0 atom stereocenters. The minimum Gasteiger partial charge on any atom is -0.480 e. The second-order valence-corrected chi connectivity index (χ2v) is 6.15. The molecule has 0 bridgehead atoms. The second-order valence-electron chi connectivity index (χ2n) is 6.15. The van der Waals surface area contributed by atoms with Crippen molar-refractivity contribution in [2.45, 2.75) is 19.8 Å². The fourth-order valence-corrected chi connectivity index (χ4v) is 2.05. The van der Waals surface area contributed by atoms with Crippen LogP contribution in [0.4, 0.5) is 0 Å². The summed E-state index contributed by atoms with van der Waals surface area (Å²) >= 11 is 0. The molecule has 0 aromatic carbocycles. The van der Waals surface area contributed by atoms with Crippen LogP contribution in [0.2, 0.25) is 0 Å². The van der Waals surface area contributed by atoms with Gasteiger partial charge in [0.2, 0.25) is 17.7 Å². The average molecular weight is 400 g/mol. The number of carbonyl (C=O) groups is 4. The highest BCUT2D eigenvalue weighted by Gasteiger charge is 2.16. The molecule has 3 N–H and O–H groups in total. The fraction of sp³-hybridized carbons (Fsp3) is 0.667. The first-order chi connectivity index (χ1) is 13.3. The van der Waals surface area contributed by atoms with Crippen molar-refractivity contribution in [1.29, 1.82) is 0 Å². The lowest BCUT2D eigenvalue weighted by molar-refractivity contribution is -0.146. The Kier molecular flexibility index (Phi) is 14.2. The molecule has 3 amide bonds. The van der Waals surface area contributed by atoms with E-state index >= 15 is 0 Å². The number of hydrogen-bond acceptors (Lipinski definition) is 6. The van der Waals surface area contributed by atoms with Gasteiger partial charge in [0.1, 0.15) is 13.2 Å². The molecule has 0 fully saturated rings. The summed E-state index contributed by atoms with van der Waals surface area (Å²) in [5, 5.41) is 13.9. The number of carboxylic acids is 1. The van der Waals surface area contributed by atoms with Crippen molar-refractivity contribution in [1.82, 2.24) is 20.4 Å². The minimum absolute atomic E-state index is 0.0948. The van der Waals surface area contributed by atoms with Crippen LogP contribution in [0.15, 0.2) is 12.7 Å². The average Bonchev–Trinajstić information content (AvgIpc) is 2.64. The number of carboxylic acid groups (broad SMARTS) is 1. The van der Waals surface area contributed by atoms with Crippen LogP contribution < -0.4 is 10.6 Å². The number of likely N-dealkylation sites (N-methyl/N-ethyl adjacent to an activating group) is 1. The van der Waals surface area contributed by atoms with E-state index in [4.69, 9.17) is 9.84 Å². The highest BCUT2D eigenvalue weighted by Crippen LogP contribution is 1.98. The maximum atomic E-state index is 12.0. The number of carbonyl (C=O) groups excluding carboxylic acids is 3. The second kappa shape index (κ2) is 15.6. The minimum atomic E-state index is -1.09. The number of unbranched alkanes of at least 4 members (excludes halogenated alkanes) is 1. The summed E-state index contributed by atoms with van der Waals surface area (Å²) in [6.07, 6.45) is 3.01. The molecule has 0 aromatic rings. The molecule has 0 radical (unpaired) electrons. The van der Waals surface area contributed by atoms with Crippen LogP contribution in [-0.2, 0) is 23.9 Å². The van der Waals surface area contributed by atoms with E-state index in [1.165, 1.54) is 4.90 Å². The van der Waals surface area contributed by atoms with Gasteiger partial charge in [-0.05, 0) is 26.4 Å². The molecule has 0 aromatic heterocycles. The molecule has 0 aliphatic heterocycles. The largest absolute Gasteiger partial charge is 0.480 e. The normalized spacial score (nSPS) is 10.4. The third kappa shape index (κ3) is 13.7. The molecule has 0 rings (SSSR count). The molecule has 0 aliphatic carbocycles. The lowest BCUT2D eigenvalue weighted by atomic mass is 10.3. The van der Waals surface area contributed by atoms with Crippen LogP contribution in [0, 0.1) is 0 Å². The molecular weight excluding hydrogens is 368 g/mol. The maximum absolute atomic E-state index is 12.0. The Hall–Kier alpha value is -2.46. The van der Waals surface area contributed by atoms with Gasteiger partial charge in [0.25, 0.3) is 0 Å². The summed E-state index contributed by atoms with van der Waals surface area (Å²) in [6, 6.07) is 0. The number of nitrogens with one attached hydrogen (secondary N) is 2. The number of ether oxygens (including phenoxy) is 1. The summed E-state index contributed by atoms with van der Waals surface area (Å²) in [7, 11) is 1.80. The smallest absolute Gasteiger partial charge is 0.323 e.